The van der Waals surface area contributed by atoms with Gasteiger partial charge in [0.1, 0.15) is 6.10 Å². The normalized spacial score (nSPS) is 16.8. The third-order valence-electron chi connectivity index (χ3n) is 6.74. The van der Waals surface area contributed by atoms with Crippen molar-refractivity contribution in [1.29, 1.82) is 0 Å². The van der Waals surface area contributed by atoms with E-state index in [4.69, 9.17) is 4.74 Å². The summed E-state index contributed by atoms with van der Waals surface area (Å²) >= 11 is -2.01. The zero-order chi connectivity index (χ0) is 30.7. The van der Waals surface area contributed by atoms with E-state index in [2.05, 4.69) is 24.3 Å². The van der Waals surface area contributed by atoms with E-state index in [1.807, 2.05) is 34.9 Å². The van der Waals surface area contributed by atoms with Crippen LogP contribution < -0.4 is 10.6 Å². The Kier molecular flexibility index (Phi) is 10.1. The summed E-state index contributed by atoms with van der Waals surface area (Å²) in [6, 6.07) is 1.37. The van der Waals surface area contributed by atoms with Gasteiger partial charge in [-0.3, -0.25) is 4.79 Å². The van der Waals surface area contributed by atoms with Crippen LogP contribution in [0.15, 0.2) is 24.0 Å². The summed E-state index contributed by atoms with van der Waals surface area (Å²) in [4.78, 5) is 15.7. The van der Waals surface area contributed by atoms with Crippen LogP contribution in [0.3, 0.4) is 0 Å². The first-order valence-electron chi connectivity index (χ1n) is 13.2. The van der Waals surface area contributed by atoms with Gasteiger partial charge in [0, 0.05) is 29.3 Å². The molecule has 1 amide bonds. The number of aromatic nitrogens is 2. The fourth-order valence-corrected chi connectivity index (χ4v) is 5.25. The highest BCUT2D eigenvalue weighted by molar-refractivity contribution is 7.14. The number of hydrogen-bond donors (Lipinski definition) is 3. The van der Waals surface area contributed by atoms with Gasteiger partial charge in [0.05, 0.1) is 29.1 Å². The van der Waals surface area contributed by atoms with Crippen LogP contribution in [0.25, 0.3) is 0 Å². The molecule has 41 heavy (non-hydrogen) atoms. The van der Waals surface area contributed by atoms with Gasteiger partial charge in [0.15, 0.2) is 16.9 Å². The zero-order valence-electron chi connectivity index (χ0n) is 24.4. The molecule has 1 aliphatic rings. The van der Waals surface area contributed by atoms with E-state index in [1.165, 1.54) is 19.7 Å². The number of rotatable bonds is 11. The summed E-state index contributed by atoms with van der Waals surface area (Å²) in [5.74, 6) is -1.89. The average molecular weight is 601 g/mol. The summed E-state index contributed by atoms with van der Waals surface area (Å²) in [6.45, 7) is 7.05. The van der Waals surface area contributed by atoms with Crippen molar-refractivity contribution in [1.82, 2.24) is 18.5 Å². The number of hydrogen-bond acceptors (Lipinski definition) is 9. The number of nitrogens with one attached hydrogen (secondary N) is 2. The minimum absolute atomic E-state index is 0.0502. The SMILES string of the molecule is CN(C)CCCCC1=COC([C@H](Nc2n[s+]([O-])nc2Nc2ccc(C(F)(F)F)c(C(=O)N(C)C)c2O)C(C)(C)C)C1. The first kappa shape index (κ1) is 32.4. The number of alkyl halides is 3. The zero-order valence-corrected chi connectivity index (χ0v) is 25.2. The minimum atomic E-state index is -4.88. The summed E-state index contributed by atoms with van der Waals surface area (Å²) in [6.07, 6.45) is 0.396. The number of nitrogens with zero attached hydrogens (tertiary/aromatic N) is 4. The quantitative estimate of drug-likeness (QED) is 0.172. The number of anilines is 3. The van der Waals surface area contributed by atoms with Crippen LogP contribution in [0.1, 0.15) is 62.4 Å². The summed E-state index contributed by atoms with van der Waals surface area (Å²) in [7, 11) is 6.64. The van der Waals surface area contributed by atoms with Gasteiger partial charge >= 0.3 is 6.18 Å². The van der Waals surface area contributed by atoms with Crippen molar-refractivity contribution < 1.29 is 32.4 Å². The number of phenolic OH excluding ortho intramolecular Hbond substituents is 1. The van der Waals surface area contributed by atoms with Crippen LogP contribution in [0, 0.1) is 5.41 Å². The molecule has 1 aromatic heterocycles. The minimum Gasteiger partial charge on any atom is -0.546 e. The number of halogens is 3. The number of ether oxygens (including phenoxy) is 1. The van der Waals surface area contributed by atoms with Gasteiger partial charge in [-0.15, -0.1) is 0 Å². The molecule has 3 rings (SSSR count). The predicted octanol–water partition coefficient (Wildman–Crippen LogP) is 5.61. The van der Waals surface area contributed by atoms with Crippen molar-refractivity contribution in [2.24, 2.45) is 5.41 Å². The third kappa shape index (κ3) is 8.23. The van der Waals surface area contributed by atoms with E-state index in [9.17, 15) is 27.6 Å². The predicted molar refractivity (Wildman–Crippen MR) is 152 cm³/mol. The maximum absolute atomic E-state index is 13.6. The van der Waals surface area contributed by atoms with Crippen molar-refractivity contribution in [3.05, 3.63) is 35.1 Å². The van der Waals surface area contributed by atoms with E-state index < -0.39 is 40.1 Å². The maximum Gasteiger partial charge on any atom is 0.417 e. The van der Waals surface area contributed by atoms with E-state index >= 15 is 0 Å². The topological polar surface area (TPSA) is 126 Å². The highest BCUT2D eigenvalue weighted by Gasteiger charge is 2.40. The van der Waals surface area contributed by atoms with Crippen LogP contribution in [0.2, 0.25) is 0 Å². The number of phenols is 1. The molecular formula is C27H39F3N6O4S. The molecule has 0 fully saturated rings. The van der Waals surface area contributed by atoms with Gasteiger partial charge in [-0.2, -0.15) is 13.2 Å². The number of amides is 1. The van der Waals surface area contributed by atoms with Gasteiger partial charge in [-0.1, -0.05) is 20.8 Å². The number of unbranched alkanes of at least 4 members (excludes halogenated alkanes) is 1. The first-order valence-corrected chi connectivity index (χ1v) is 14.3. The van der Waals surface area contributed by atoms with Crippen LogP contribution in [0.4, 0.5) is 30.5 Å². The monoisotopic (exact) mass is 600 g/mol. The molecule has 0 saturated carbocycles. The van der Waals surface area contributed by atoms with Crippen LogP contribution >= 0.6 is 11.1 Å². The third-order valence-corrected chi connectivity index (χ3v) is 7.42. The lowest BCUT2D eigenvalue weighted by Crippen LogP contribution is -2.44. The van der Waals surface area contributed by atoms with Crippen LogP contribution in [0.5, 0.6) is 5.75 Å². The van der Waals surface area contributed by atoms with Crippen molar-refractivity contribution in [3.63, 3.8) is 0 Å². The van der Waals surface area contributed by atoms with Gasteiger partial charge in [0.2, 0.25) is 11.6 Å². The highest BCUT2D eigenvalue weighted by Crippen LogP contribution is 2.42. The lowest BCUT2D eigenvalue weighted by molar-refractivity contribution is -0.138. The summed E-state index contributed by atoms with van der Waals surface area (Å²) < 4.78 is 67.3. The lowest BCUT2D eigenvalue weighted by atomic mass is 9.81. The van der Waals surface area contributed by atoms with Crippen LogP contribution in [-0.2, 0) is 10.9 Å². The Morgan fingerprint density at radius 2 is 1.83 bits per heavy atom. The number of benzene rings is 1. The molecule has 10 nitrogen and oxygen atoms in total. The Bertz CT molecular complexity index is 1260. The van der Waals surface area contributed by atoms with E-state index in [-0.39, 0.29) is 34.9 Å². The number of carbonyl (C=O) groups excluding carboxylic acids is 1. The Morgan fingerprint density at radius 1 is 1.17 bits per heavy atom. The maximum atomic E-state index is 13.6. The second kappa shape index (κ2) is 12.8. The molecule has 228 valence electrons. The van der Waals surface area contributed by atoms with E-state index in [0.717, 1.165) is 36.8 Å². The van der Waals surface area contributed by atoms with Crippen molar-refractivity contribution in [3.8, 4) is 5.75 Å². The molecule has 1 aromatic carbocycles. The van der Waals surface area contributed by atoms with Gasteiger partial charge in [-0.25, -0.2) is 0 Å². The fourth-order valence-electron chi connectivity index (χ4n) is 4.63. The average Bonchev–Trinajstić information content (AvgIpc) is 3.45. The molecule has 0 saturated heterocycles. The Labute approximate surface area is 241 Å². The smallest absolute Gasteiger partial charge is 0.417 e. The fraction of sp³-hybridized carbons (Fsp3) is 0.593. The molecule has 2 heterocycles. The molecule has 2 unspecified atom stereocenters. The molecular weight excluding hydrogens is 561 g/mol. The van der Waals surface area contributed by atoms with Crippen molar-refractivity contribution in [2.75, 3.05) is 45.4 Å². The Hall–Kier alpha value is -3.10. The van der Waals surface area contributed by atoms with Gasteiger partial charge < -0.3 is 34.8 Å². The van der Waals surface area contributed by atoms with Crippen molar-refractivity contribution >= 4 is 34.4 Å². The second-order valence-corrected chi connectivity index (χ2v) is 12.5. The molecule has 3 N–H and O–H groups in total. The number of aromatic hydroxyl groups is 1. The lowest BCUT2D eigenvalue weighted by Gasteiger charge is -2.35. The highest BCUT2D eigenvalue weighted by atomic mass is 32.2. The standard InChI is InChI=1S/C27H39F3N6O4S/c1-26(2,3)22(19-14-16(15-40-19)10-8-9-13-35(4)5)32-24-23(33-41(39)34-24)31-18-12-11-17(27(28,29)30)20(21(18)37)25(38)36(6)7/h11-12,15,19,22,37H,8-10,13-14H2,1-7H3,(H,31,33)(H,32,34)/t19?,22-,41?/m0/s1. The summed E-state index contributed by atoms with van der Waals surface area (Å²) in [5.41, 5.74) is -1.56. The molecule has 2 aromatic rings. The molecule has 3 atom stereocenters. The van der Waals surface area contributed by atoms with E-state index in [0.29, 0.717) is 12.5 Å². The number of carbonyl (C=O) groups is 1. The molecule has 0 radical (unpaired) electrons. The van der Waals surface area contributed by atoms with Crippen LogP contribution in [-0.4, -0.2) is 81.0 Å². The summed E-state index contributed by atoms with van der Waals surface area (Å²) in [5, 5.41) is 16.8. The molecule has 1 aliphatic heterocycles. The first-order chi connectivity index (χ1) is 19.0. The van der Waals surface area contributed by atoms with Gasteiger partial charge in [-0.05, 0) is 63.0 Å². The molecule has 0 aliphatic carbocycles. The van der Waals surface area contributed by atoms with Crippen molar-refractivity contribution in [2.45, 2.75) is 64.8 Å². The Balaban J connectivity index is 1.84. The molecule has 0 spiro atoms. The molecule has 0 bridgehead atoms. The van der Waals surface area contributed by atoms with E-state index in [1.54, 1.807) is 6.26 Å². The Morgan fingerprint density at radius 3 is 2.41 bits per heavy atom. The largest absolute Gasteiger partial charge is 0.546 e. The second-order valence-electron chi connectivity index (χ2n) is 11.7. The molecule has 14 heteroatoms. The van der Waals surface area contributed by atoms with Gasteiger partial charge in [0.25, 0.3) is 5.91 Å².